The molecule has 0 aromatic heterocycles. The minimum absolute atomic E-state index is 0.0254. The number of nitrogens with two attached hydrogens (primary N) is 1. The van der Waals surface area contributed by atoms with Crippen LogP contribution >= 0.6 is 0 Å². The summed E-state index contributed by atoms with van der Waals surface area (Å²) < 4.78 is 13.6. The first-order chi connectivity index (χ1) is 8.61. The highest BCUT2D eigenvalue weighted by Crippen LogP contribution is 2.20. The average molecular weight is 252 g/mol. The van der Waals surface area contributed by atoms with E-state index in [2.05, 4.69) is 0 Å². The summed E-state index contributed by atoms with van der Waals surface area (Å²) in [6.07, 6.45) is 1.51. The minimum Gasteiger partial charge on any atom is -0.399 e. The van der Waals surface area contributed by atoms with E-state index in [0.29, 0.717) is 18.8 Å². The Morgan fingerprint density at radius 3 is 2.72 bits per heavy atom. The van der Waals surface area contributed by atoms with Crippen molar-refractivity contribution in [3.05, 3.63) is 29.6 Å². The SMILES string of the molecule is Nc1ccc(F)c(C(=O)N2CCC(CO)CC2)c1. The van der Waals surface area contributed by atoms with Gasteiger partial charge in [0.25, 0.3) is 5.91 Å². The van der Waals surface area contributed by atoms with Crippen LogP contribution in [-0.2, 0) is 0 Å². The summed E-state index contributed by atoms with van der Waals surface area (Å²) in [6, 6.07) is 4.02. The normalized spacial score (nSPS) is 16.9. The largest absolute Gasteiger partial charge is 0.399 e. The van der Waals surface area contributed by atoms with E-state index in [4.69, 9.17) is 10.8 Å². The van der Waals surface area contributed by atoms with E-state index in [1.54, 1.807) is 4.90 Å². The molecule has 1 aromatic rings. The average Bonchev–Trinajstić information content (AvgIpc) is 2.41. The van der Waals surface area contributed by atoms with Crippen molar-refractivity contribution in [3.8, 4) is 0 Å². The number of rotatable bonds is 2. The summed E-state index contributed by atoms with van der Waals surface area (Å²) in [5, 5.41) is 9.03. The van der Waals surface area contributed by atoms with Crippen LogP contribution in [0.25, 0.3) is 0 Å². The number of nitrogen functional groups attached to an aromatic ring is 1. The fraction of sp³-hybridized carbons (Fsp3) is 0.462. The quantitative estimate of drug-likeness (QED) is 0.778. The molecule has 3 N–H and O–H groups in total. The number of aliphatic hydroxyl groups excluding tert-OH is 1. The van der Waals surface area contributed by atoms with E-state index in [1.165, 1.54) is 18.2 Å². The minimum atomic E-state index is -0.543. The van der Waals surface area contributed by atoms with Crippen LogP contribution in [0.2, 0.25) is 0 Å². The van der Waals surface area contributed by atoms with Gasteiger partial charge in [0.2, 0.25) is 0 Å². The first kappa shape index (κ1) is 12.8. The maximum Gasteiger partial charge on any atom is 0.256 e. The third-order valence-electron chi connectivity index (χ3n) is 3.38. The molecule has 2 rings (SSSR count). The summed E-state index contributed by atoms with van der Waals surface area (Å²) in [7, 11) is 0. The molecular weight excluding hydrogens is 235 g/mol. The predicted molar refractivity (Wildman–Crippen MR) is 66.5 cm³/mol. The molecule has 0 aliphatic carbocycles. The molecule has 0 spiro atoms. The van der Waals surface area contributed by atoms with Crippen LogP contribution in [0.1, 0.15) is 23.2 Å². The lowest BCUT2D eigenvalue weighted by Crippen LogP contribution is -2.39. The van der Waals surface area contributed by atoms with E-state index in [0.717, 1.165) is 12.8 Å². The standard InChI is InChI=1S/C13H17FN2O2/c14-12-2-1-10(15)7-11(12)13(18)16-5-3-9(8-17)4-6-16/h1-2,7,9,17H,3-6,8,15H2. The number of piperidine rings is 1. The number of hydrogen-bond acceptors (Lipinski definition) is 3. The van der Waals surface area contributed by atoms with Crippen molar-refractivity contribution >= 4 is 11.6 Å². The Morgan fingerprint density at radius 1 is 1.44 bits per heavy atom. The molecule has 0 radical (unpaired) electrons. The number of benzene rings is 1. The molecule has 0 bridgehead atoms. The van der Waals surface area contributed by atoms with Gasteiger partial charge in [-0.2, -0.15) is 0 Å². The number of likely N-dealkylation sites (tertiary alicyclic amines) is 1. The van der Waals surface area contributed by atoms with E-state index >= 15 is 0 Å². The Kier molecular flexibility index (Phi) is 3.81. The van der Waals surface area contributed by atoms with Crippen molar-refractivity contribution in [1.29, 1.82) is 0 Å². The fourth-order valence-corrected chi connectivity index (χ4v) is 2.20. The van der Waals surface area contributed by atoms with Gasteiger partial charge >= 0.3 is 0 Å². The Morgan fingerprint density at radius 2 is 2.11 bits per heavy atom. The number of carbonyl (C=O) groups is 1. The maximum absolute atomic E-state index is 13.6. The highest BCUT2D eigenvalue weighted by atomic mass is 19.1. The molecule has 0 saturated carbocycles. The van der Waals surface area contributed by atoms with Gasteiger partial charge < -0.3 is 15.7 Å². The molecule has 5 heteroatoms. The first-order valence-corrected chi connectivity index (χ1v) is 6.07. The zero-order valence-electron chi connectivity index (χ0n) is 10.1. The third-order valence-corrected chi connectivity index (χ3v) is 3.38. The van der Waals surface area contributed by atoms with E-state index < -0.39 is 5.82 Å². The van der Waals surface area contributed by atoms with Gasteiger partial charge in [-0.3, -0.25) is 4.79 Å². The third kappa shape index (κ3) is 2.61. The number of halogens is 1. The molecule has 4 nitrogen and oxygen atoms in total. The van der Waals surface area contributed by atoms with Crippen molar-refractivity contribution < 1.29 is 14.3 Å². The number of aliphatic hydroxyl groups is 1. The Labute approximate surface area is 105 Å². The Bertz CT molecular complexity index is 443. The van der Waals surface area contributed by atoms with Gasteiger partial charge in [0.15, 0.2) is 0 Å². The predicted octanol–water partition coefficient (Wildman–Crippen LogP) is 1.25. The molecule has 1 aliphatic heterocycles. The Hall–Kier alpha value is -1.62. The molecule has 1 saturated heterocycles. The smallest absolute Gasteiger partial charge is 0.256 e. The zero-order valence-corrected chi connectivity index (χ0v) is 10.1. The van der Waals surface area contributed by atoms with Crippen LogP contribution in [-0.4, -0.2) is 35.6 Å². The molecular formula is C13H17FN2O2. The van der Waals surface area contributed by atoms with Crippen molar-refractivity contribution in [3.63, 3.8) is 0 Å². The van der Waals surface area contributed by atoms with Crippen LogP contribution in [0.5, 0.6) is 0 Å². The molecule has 0 unspecified atom stereocenters. The molecule has 18 heavy (non-hydrogen) atoms. The second kappa shape index (κ2) is 5.35. The molecule has 1 aromatic carbocycles. The molecule has 1 heterocycles. The number of amides is 1. The van der Waals surface area contributed by atoms with Crippen LogP contribution in [0.15, 0.2) is 18.2 Å². The lowest BCUT2D eigenvalue weighted by molar-refractivity contribution is 0.0646. The summed E-state index contributed by atoms with van der Waals surface area (Å²) in [4.78, 5) is 13.8. The van der Waals surface area contributed by atoms with Crippen LogP contribution in [0.3, 0.4) is 0 Å². The van der Waals surface area contributed by atoms with Gasteiger partial charge in [-0.05, 0) is 37.0 Å². The number of carbonyl (C=O) groups excluding carboxylic acids is 1. The lowest BCUT2D eigenvalue weighted by Gasteiger charge is -2.31. The molecule has 1 amide bonds. The maximum atomic E-state index is 13.6. The molecule has 1 fully saturated rings. The van der Waals surface area contributed by atoms with Gasteiger partial charge in [0.1, 0.15) is 5.82 Å². The number of anilines is 1. The van der Waals surface area contributed by atoms with Gasteiger partial charge in [-0.15, -0.1) is 0 Å². The van der Waals surface area contributed by atoms with E-state index in [1.807, 2.05) is 0 Å². The van der Waals surface area contributed by atoms with Gasteiger partial charge in [-0.25, -0.2) is 4.39 Å². The van der Waals surface area contributed by atoms with Crippen molar-refractivity contribution in [2.45, 2.75) is 12.8 Å². The topological polar surface area (TPSA) is 66.6 Å². The molecule has 1 aliphatic rings. The van der Waals surface area contributed by atoms with Gasteiger partial charge in [0, 0.05) is 25.4 Å². The van der Waals surface area contributed by atoms with E-state index in [9.17, 15) is 9.18 Å². The van der Waals surface area contributed by atoms with Crippen molar-refractivity contribution in [2.24, 2.45) is 5.92 Å². The molecule has 98 valence electrons. The number of nitrogens with zero attached hydrogens (tertiary/aromatic N) is 1. The monoisotopic (exact) mass is 252 g/mol. The van der Waals surface area contributed by atoms with Crippen LogP contribution in [0, 0.1) is 11.7 Å². The van der Waals surface area contributed by atoms with Gasteiger partial charge in [0.05, 0.1) is 5.56 Å². The highest BCUT2D eigenvalue weighted by Gasteiger charge is 2.24. The van der Waals surface area contributed by atoms with Gasteiger partial charge in [-0.1, -0.05) is 0 Å². The first-order valence-electron chi connectivity index (χ1n) is 6.07. The van der Waals surface area contributed by atoms with Crippen molar-refractivity contribution in [2.75, 3.05) is 25.4 Å². The van der Waals surface area contributed by atoms with E-state index in [-0.39, 0.29) is 24.0 Å². The molecule has 0 atom stereocenters. The summed E-state index contributed by atoms with van der Waals surface area (Å²) in [5.41, 5.74) is 5.97. The zero-order chi connectivity index (χ0) is 13.1. The summed E-state index contributed by atoms with van der Waals surface area (Å²) >= 11 is 0. The summed E-state index contributed by atoms with van der Waals surface area (Å²) in [6.45, 7) is 1.26. The Balaban J connectivity index is 2.10. The highest BCUT2D eigenvalue weighted by molar-refractivity contribution is 5.95. The second-order valence-corrected chi connectivity index (χ2v) is 4.66. The number of hydrogen-bond donors (Lipinski definition) is 2. The fourth-order valence-electron chi connectivity index (χ4n) is 2.20. The lowest BCUT2D eigenvalue weighted by atomic mass is 9.97. The van der Waals surface area contributed by atoms with Crippen LogP contribution < -0.4 is 5.73 Å². The second-order valence-electron chi connectivity index (χ2n) is 4.66. The summed E-state index contributed by atoms with van der Waals surface area (Å²) in [5.74, 6) is -0.616. The van der Waals surface area contributed by atoms with Crippen molar-refractivity contribution in [1.82, 2.24) is 4.90 Å². The van der Waals surface area contributed by atoms with Crippen LogP contribution in [0.4, 0.5) is 10.1 Å².